The van der Waals surface area contributed by atoms with E-state index in [1.54, 1.807) is 0 Å². The van der Waals surface area contributed by atoms with Crippen LogP contribution in [0.2, 0.25) is 0 Å². The molecule has 0 saturated carbocycles. The van der Waals surface area contributed by atoms with Crippen molar-refractivity contribution in [2.24, 2.45) is 0 Å². The zero-order valence-corrected chi connectivity index (χ0v) is 18.1. The average molecular weight is 397 g/mol. The summed E-state index contributed by atoms with van der Waals surface area (Å²) in [5.41, 5.74) is 2.18. The Hall–Kier alpha value is -2.83. The summed E-state index contributed by atoms with van der Waals surface area (Å²) in [5.74, 6) is 2.50. The molecule has 3 rings (SSSR count). The number of nitrogens with zero attached hydrogens (tertiary/aromatic N) is 4. The van der Waals surface area contributed by atoms with Crippen molar-refractivity contribution < 1.29 is 4.79 Å². The minimum atomic E-state index is -0.0552. The van der Waals surface area contributed by atoms with Crippen LogP contribution in [0.1, 0.15) is 39.1 Å². The molecule has 2 N–H and O–H groups in total. The topological polar surface area (TPSA) is 73.4 Å². The highest BCUT2D eigenvalue weighted by molar-refractivity contribution is 5.89. The molecule has 0 bridgehead atoms. The molecule has 156 valence electrons. The minimum absolute atomic E-state index is 0.0552. The SMILES string of the molecule is CCNc1cc(N2CCN(C(=O)Nc3ccc(C(C)(C)C)cc3)CC2)nc(C)n1. The first kappa shape index (κ1) is 20.9. The molecule has 1 aromatic carbocycles. The van der Waals surface area contributed by atoms with Crippen molar-refractivity contribution in [2.75, 3.05) is 48.3 Å². The fraction of sp³-hybridized carbons (Fsp3) is 0.500. The molecular weight excluding hydrogens is 364 g/mol. The Morgan fingerprint density at radius 3 is 2.31 bits per heavy atom. The second-order valence-corrected chi connectivity index (χ2v) is 8.42. The van der Waals surface area contributed by atoms with Crippen LogP contribution in [0.15, 0.2) is 30.3 Å². The highest BCUT2D eigenvalue weighted by atomic mass is 16.2. The highest BCUT2D eigenvalue weighted by Gasteiger charge is 2.23. The van der Waals surface area contributed by atoms with Crippen molar-refractivity contribution in [1.82, 2.24) is 14.9 Å². The standard InChI is InChI=1S/C22H32N6O/c1-6-23-19-15-20(25-16(2)24-19)27-11-13-28(14-12-27)21(29)26-18-9-7-17(8-10-18)22(3,4)5/h7-10,15H,6,11-14H2,1-5H3,(H,26,29)(H,23,24,25). The molecule has 0 radical (unpaired) electrons. The van der Waals surface area contributed by atoms with Crippen LogP contribution < -0.4 is 15.5 Å². The first-order valence-corrected chi connectivity index (χ1v) is 10.3. The molecule has 2 heterocycles. The molecule has 0 unspecified atom stereocenters. The van der Waals surface area contributed by atoms with Gasteiger partial charge in [-0.3, -0.25) is 0 Å². The summed E-state index contributed by atoms with van der Waals surface area (Å²) in [6.07, 6.45) is 0. The molecule has 7 heteroatoms. The van der Waals surface area contributed by atoms with Gasteiger partial charge in [-0.1, -0.05) is 32.9 Å². The van der Waals surface area contributed by atoms with Gasteiger partial charge >= 0.3 is 6.03 Å². The van der Waals surface area contributed by atoms with Crippen LogP contribution in [-0.2, 0) is 5.41 Å². The number of anilines is 3. The number of aryl methyl sites for hydroxylation is 1. The van der Waals surface area contributed by atoms with Crippen LogP contribution in [-0.4, -0.2) is 53.6 Å². The summed E-state index contributed by atoms with van der Waals surface area (Å²) in [4.78, 5) is 25.7. The van der Waals surface area contributed by atoms with Crippen LogP contribution >= 0.6 is 0 Å². The summed E-state index contributed by atoms with van der Waals surface area (Å²) in [5, 5.41) is 6.26. The minimum Gasteiger partial charge on any atom is -0.370 e. The van der Waals surface area contributed by atoms with Gasteiger partial charge in [0, 0.05) is 44.5 Å². The van der Waals surface area contributed by atoms with E-state index >= 15 is 0 Å². The Bertz CT molecular complexity index is 835. The van der Waals surface area contributed by atoms with Gasteiger partial charge in [0.1, 0.15) is 17.5 Å². The third-order valence-electron chi connectivity index (χ3n) is 5.08. The second-order valence-electron chi connectivity index (χ2n) is 8.42. The van der Waals surface area contributed by atoms with Crippen LogP contribution in [0.4, 0.5) is 22.1 Å². The number of amides is 2. The van der Waals surface area contributed by atoms with Crippen molar-refractivity contribution in [3.05, 3.63) is 41.7 Å². The molecule has 1 fully saturated rings. The monoisotopic (exact) mass is 396 g/mol. The van der Waals surface area contributed by atoms with Crippen molar-refractivity contribution in [2.45, 2.75) is 40.0 Å². The fourth-order valence-electron chi connectivity index (χ4n) is 3.38. The molecule has 0 spiro atoms. The lowest BCUT2D eigenvalue weighted by molar-refractivity contribution is 0.208. The van der Waals surface area contributed by atoms with Crippen LogP contribution in [0.25, 0.3) is 0 Å². The van der Waals surface area contributed by atoms with E-state index in [1.807, 2.05) is 36.9 Å². The van der Waals surface area contributed by atoms with Crippen LogP contribution in [0.5, 0.6) is 0 Å². The van der Waals surface area contributed by atoms with E-state index in [0.29, 0.717) is 13.1 Å². The maximum atomic E-state index is 12.6. The molecule has 1 saturated heterocycles. The Labute approximate surface area is 173 Å². The number of carbonyl (C=O) groups excluding carboxylic acids is 1. The summed E-state index contributed by atoms with van der Waals surface area (Å²) in [7, 11) is 0. The van der Waals surface area contributed by atoms with Gasteiger partial charge in [0.25, 0.3) is 0 Å². The quantitative estimate of drug-likeness (QED) is 0.821. The molecule has 1 aromatic heterocycles. The molecule has 29 heavy (non-hydrogen) atoms. The molecule has 1 aliphatic rings. The lowest BCUT2D eigenvalue weighted by Crippen LogP contribution is -2.50. The van der Waals surface area contributed by atoms with E-state index in [1.165, 1.54) is 5.56 Å². The lowest BCUT2D eigenvalue weighted by atomic mass is 9.87. The molecular formula is C22H32N6O. The lowest BCUT2D eigenvalue weighted by Gasteiger charge is -2.35. The Morgan fingerprint density at radius 2 is 1.72 bits per heavy atom. The summed E-state index contributed by atoms with van der Waals surface area (Å²) in [6, 6.07) is 10.0. The molecule has 2 aromatic rings. The van der Waals surface area contributed by atoms with Crippen molar-refractivity contribution in [1.29, 1.82) is 0 Å². The smallest absolute Gasteiger partial charge is 0.321 e. The third-order valence-corrected chi connectivity index (χ3v) is 5.08. The largest absolute Gasteiger partial charge is 0.370 e. The molecule has 0 atom stereocenters. The molecule has 7 nitrogen and oxygen atoms in total. The molecule has 1 aliphatic heterocycles. The number of aromatic nitrogens is 2. The van der Waals surface area contributed by atoms with Crippen LogP contribution in [0, 0.1) is 6.92 Å². The zero-order valence-electron chi connectivity index (χ0n) is 18.1. The van der Waals surface area contributed by atoms with E-state index in [0.717, 1.165) is 42.8 Å². The molecule has 0 aliphatic carbocycles. The van der Waals surface area contributed by atoms with E-state index in [9.17, 15) is 4.79 Å². The van der Waals surface area contributed by atoms with E-state index in [4.69, 9.17) is 0 Å². The summed E-state index contributed by atoms with van der Waals surface area (Å²) >= 11 is 0. The van der Waals surface area contributed by atoms with Crippen LogP contribution in [0.3, 0.4) is 0 Å². The van der Waals surface area contributed by atoms with E-state index in [-0.39, 0.29) is 11.4 Å². The Balaban J connectivity index is 1.57. The maximum absolute atomic E-state index is 12.6. The zero-order chi connectivity index (χ0) is 21.0. The predicted molar refractivity (Wildman–Crippen MR) is 119 cm³/mol. The first-order chi connectivity index (χ1) is 13.8. The average Bonchev–Trinajstić information content (AvgIpc) is 2.67. The van der Waals surface area contributed by atoms with E-state index < -0.39 is 0 Å². The first-order valence-electron chi connectivity index (χ1n) is 10.3. The number of hydrogen-bond acceptors (Lipinski definition) is 5. The Morgan fingerprint density at radius 1 is 1.07 bits per heavy atom. The van der Waals surface area contributed by atoms with Gasteiger partial charge in [-0.2, -0.15) is 0 Å². The highest BCUT2D eigenvalue weighted by Crippen LogP contribution is 2.24. The number of urea groups is 1. The molecule has 2 amide bonds. The number of carbonyl (C=O) groups is 1. The van der Waals surface area contributed by atoms with Gasteiger partial charge < -0.3 is 20.4 Å². The number of piperazine rings is 1. The number of benzene rings is 1. The predicted octanol–water partition coefficient (Wildman–Crippen LogP) is 3.87. The van der Waals surface area contributed by atoms with E-state index in [2.05, 4.69) is 58.4 Å². The number of hydrogen-bond donors (Lipinski definition) is 2. The van der Waals surface area contributed by atoms with Crippen molar-refractivity contribution >= 4 is 23.4 Å². The Kier molecular flexibility index (Phi) is 6.25. The van der Waals surface area contributed by atoms with Crippen molar-refractivity contribution in [3.8, 4) is 0 Å². The third kappa shape index (κ3) is 5.37. The van der Waals surface area contributed by atoms with Gasteiger partial charge in [0.2, 0.25) is 0 Å². The second kappa shape index (κ2) is 8.68. The van der Waals surface area contributed by atoms with Gasteiger partial charge in [-0.25, -0.2) is 14.8 Å². The number of nitrogens with one attached hydrogen (secondary N) is 2. The van der Waals surface area contributed by atoms with Crippen molar-refractivity contribution in [3.63, 3.8) is 0 Å². The van der Waals surface area contributed by atoms with Gasteiger partial charge in [-0.15, -0.1) is 0 Å². The number of rotatable bonds is 4. The van der Waals surface area contributed by atoms with Gasteiger partial charge in [0.15, 0.2) is 0 Å². The van der Waals surface area contributed by atoms with Gasteiger partial charge in [0.05, 0.1) is 0 Å². The van der Waals surface area contributed by atoms with Gasteiger partial charge in [-0.05, 0) is 37.0 Å². The normalized spacial score (nSPS) is 14.7. The summed E-state index contributed by atoms with van der Waals surface area (Å²) in [6.45, 7) is 14.1. The maximum Gasteiger partial charge on any atom is 0.321 e. The fourth-order valence-corrected chi connectivity index (χ4v) is 3.38. The summed E-state index contributed by atoms with van der Waals surface area (Å²) < 4.78 is 0.